The summed E-state index contributed by atoms with van der Waals surface area (Å²) in [6, 6.07) is 88.1. The molecule has 0 saturated heterocycles. The van der Waals surface area contributed by atoms with Crippen molar-refractivity contribution >= 4 is 66.5 Å². The van der Waals surface area contributed by atoms with E-state index in [0.29, 0.717) is 0 Å². The molecule has 3 aliphatic carbocycles. The van der Waals surface area contributed by atoms with Crippen LogP contribution in [0.2, 0.25) is 0 Å². The fourth-order valence-electron chi connectivity index (χ4n) is 13.1. The Kier molecular flexibility index (Phi) is 8.82. The molecule has 2 nitrogen and oxygen atoms in total. The van der Waals surface area contributed by atoms with Crippen LogP contribution in [-0.4, -0.2) is 0 Å². The SMILES string of the molecule is C1=Cc2sc3c(N(c4ccc5c(c4)C(c4ccccc4)(c4ccccc4)c4ccccc4-5)c4ccc(C5(c6ccccc6)c6ccccc6-c6ccccc65)c5oc6ccccc6c45)cccc3c2CC1. The fourth-order valence-corrected chi connectivity index (χ4v) is 14.4. The second kappa shape index (κ2) is 15.5. The van der Waals surface area contributed by atoms with Gasteiger partial charge in [0.05, 0.1) is 32.3 Å². The number of fused-ring (bicyclic) bond motifs is 12. The largest absolute Gasteiger partial charge is 0.456 e. The predicted octanol–water partition coefficient (Wildman–Crippen LogP) is 18.0. The molecule has 2 aromatic heterocycles. The Morgan fingerprint density at radius 2 is 0.972 bits per heavy atom. The highest BCUT2D eigenvalue weighted by Gasteiger charge is 2.49. The van der Waals surface area contributed by atoms with Gasteiger partial charge in [-0.05, 0) is 121 Å². The molecule has 334 valence electrons. The zero-order valence-electron chi connectivity index (χ0n) is 38.8. The first kappa shape index (κ1) is 40.4. The molecule has 0 N–H and O–H groups in total. The van der Waals surface area contributed by atoms with Gasteiger partial charge in [0.1, 0.15) is 11.2 Å². The Labute approximate surface area is 417 Å². The lowest BCUT2D eigenvalue weighted by molar-refractivity contribution is 0.648. The predicted molar refractivity (Wildman–Crippen MR) is 296 cm³/mol. The van der Waals surface area contributed by atoms with Gasteiger partial charge in [-0.15, -0.1) is 11.3 Å². The summed E-state index contributed by atoms with van der Waals surface area (Å²) in [6.07, 6.45) is 6.77. The summed E-state index contributed by atoms with van der Waals surface area (Å²) in [7, 11) is 0. The highest BCUT2D eigenvalue weighted by atomic mass is 32.1. The monoisotopic (exact) mass is 923 g/mol. The molecule has 71 heavy (non-hydrogen) atoms. The molecule has 0 saturated carbocycles. The molecule has 2 heterocycles. The number of hydrogen-bond donors (Lipinski definition) is 0. The van der Waals surface area contributed by atoms with Gasteiger partial charge in [-0.3, -0.25) is 0 Å². The average molecular weight is 924 g/mol. The summed E-state index contributed by atoms with van der Waals surface area (Å²) in [5.41, 5.74) is 20.3. The molecule has 3 heteroatoms. The van der Waals surface area contributed by atoms with Crippen LogP contribution in [0.4, 0.5) is 17.1 Å². The van der Waals surface area contributed by atoms with E-state index in [1.165, 1.54) is 81.7 Å². The molecule has 15 rings (SSSR count). The number of nitrogens with zero attached hydrogens (tertiary/aromatic N) is 1. The third kappa shape index (κ3) is 5.53. The van der Waals surface area contributed by atoms with Crippen molar-refractivity contribution in [2.24, 2.45) is 0 Å². The second-order valence-electron chi connectivity index (χ2n) is 19.3. The van der Waals surface area contributed by atoms with Crippen molar-refractivity contribution in [3.05, 3.63) is 298 Å². The number of para-hydroxylation sites is 1. The van der Waals surface area contributed by atoms with Gasteiger partial charge in [0.2, 0.25) is 0 Å². The summed E-state index contributed by atoms with van der Waals surface area (Å²) in [6.45, 7) is 0. The van der Waals surface area contributed by atoms with Crippen LogP contribution < -0.4 is 4.90 Å². The Morgan fingerprint density at radius 3 is 1.63 bits per heavy atom. The first-order valence-electron chi connectivity index (χ1n) is 24.8. The molecule has 0 radical (unpaired) electrons. The Morgan fingerprint density at radius 1 is 0.423 bits per heavy atom. The van der Waals surface area contributed by atoms with E-state index in [4.69, 9.17) is 4.42 Å². The molecule has 0 unspecified atom stereocenters. The Hall–Kier alpha value is -8.50. The lowest BCUT2D eigenvalue weighted by Crippen LogP contribution is -2.29. The number of allylic oxidation sites excluding steroid dienone is 1. The summed E-state index contributed by atoms with van der Waals surface area (Å²) < 4.78 is 8.71. The molecule has 10 aromatic carbocycles. The van der Waals surface area contributed by atoms with Crippen LogP contribution >= 0.6 is 11.3 Å². The molecule has 12 aromatic rings. The van der Waals surface area contributed by atoms with Crippen LogP contribution in [0.15, 0.2) is 247 Å². The maximum absolute atomic E-state index is 7.42. The van der Waals surface area contributed by atoms with Crippen LogP contribution in [0.3, 0.4) is 0 Å². The van der Waals surface area contributed by atoms with Crippen LogP contribution in [0.5, 0.6) is 0 Å². The minimum Gasteiger partial charge on any atom is -0.456 e. The van der Waals surface area contributed by atoms with Gasteiger partial charge in [0.25, 0.3) is 0 Å². The zero-order chi connectivity index (χ0) is 46.7. The van der Waals surface area contributed by atoms with Crippen molar-refractivity contribution in [1.29, 1.82) is 0 Å². The molecule has 0 aliphatic heterocycles. The zero-order valence-corrected chi connectivity index (χ0v) is 39.7. The van der Waals surface area contributed by atoms with Crippen molar-refractivity contribution in [3.63, 3.8) is 0 Å². The summed E-state index contributed by atoms with van der Waals surface area (Å²) in [5.74, 6) is 0. The smallest absolute Gasteiger partial charge is 0.142 e. The molecule has 0 amide bonds. The lowest BCUT2D eigenvalue weighted by Gasteiger charge is -2.36. The molecule has 0 fully saturated rings. The second-order valence-corrected chi connectivity index (χ2v) is 20.3. The normalized spacial score (nSPS) is 14.5. The van der Waals surface area contributed by atoms with E-state index in [0.717, 1.165) is 57.4 Å². The topological polar surface area (TPSA) is 16.4 Å². The third-order valence-electron chi connectivity index (χ3n) is 15.9. The number of anilines is 3. The molecule has 3 aliphatic rings. The number of hydrogen-bond acceptors (Lipinski definition) is 3. The maximum atomic E-state index is 7.42. The number of benzene rings is 10. The van der Waals surface area contributed by atoms with E-state index in [1.807, 2.05) is 11.3 Å². The minimum atomic E-state index is -0.659. The number of rotatable bonds is 7. The van der Waals surface area contributed by atoms with Gasteiger partial charge in [-0.25, -0.2) is 0 Å². The first-order valence-corrected chi connectivity index (χ1v) is 25.6. The van der Waals surface area contributed by atoms with Crippen molar-refractivity contribution in [2.45, 2.75) is 23.7 Å². The van der Waals surface area contributed by atoms with Gasteiger partial charge in [0.15, 0.2) is 0 Å². The third-order valence-corrected chi connectivity index (χ3v) is 17.1. The van der Waals surface area contributed by atoms with Crippen LogP contribution in [0.25, 0.3) is 60.4 Å². The Bertz CT molecular complexity index is 4040. The molecule has 0 spiro atoms. The van der Waals surface area contributed by atoms with E-state index in [-0.39, 0.29) is 0 Å². The number of furan rings is 1. The van der Waals surface area contributed by atoms with Gasteiger partial charge in [-0.2, -0.15) is 0 Å². The fraction of sp³-hybridized carbons (Fsp3) is 0.0588. The van der Waals surface area contributed by atoms with Crippen LogP contribution in [-0.2, 0) is 17.3 Å². The summed E-state index contributed by atoms with van der Waals surface area (Å²) in [4.78, 5) is 3.92. The van der Waals surface area contributed by atoms with Crippen molar-refractivity contribution in [2.75, 3.05) is 4.90 Å². The van der Waals surface area contributed by atoms with Crippen molar-refractivity contribution < 1.29 is 4.42 Å². The Balaban J connectivity index is 1.07. The van der Waals surface area contributed by atoms with E-state index < -0.39 is 10.8 Å². The van der Waals surface area contributed by atoms with E-state index in [1.54, 1.807) is 0 Å². The molecule has 0 atom stereocenters. The van der Waals surface area contributed by atoms with E-state index in [9.17, 15) is 0 Å². The summed E-state index contributed by atoms with van der Waals surface area (Å²) in [5, 5.41) is 3.51. The first-order chi connectivity index (χ1) is 35.2. The van der Waals surface area contributed by atoms with Crippen molar-refractivity contribution in [3.8, 4) is 22.3 Å². The standard InChI is InChI=1S/C68H45NOS/c1-4-21-44(22-5-1)67(45-23-6-2-7-24-45)55-33-15-10-29-50(55)51-40-39-47(43-59(51)67)69(61-36-20-32-53-52-30-14-19-38-63(52)71-66(53)61)60-42-41-58(65-64(60)54-31-13-18-37-62(54)70-65)68(46-25-8-3-9-26-46)56-34-16-11-27-48(56)49-28-12-17-35-57(49)68/h1-13,15-29,31-43H,14,30H2. The van der Waals surface area contributed by atoms with Gasteiger partial charge < -0.3 is 9.32 Å². The van der Waals surface area contributed by atoms with Gasteiger partial charge >= 0.3 is 0 Å². The highest BCUT2D eigenvalue weighted by molar-refractivity contribution is 7.20. The minimum absolute atomic E-state index is 0.568. The van der Waals surface area contributed by atoms with Gasteiger partial charge in [-0.1, -0.05) is 212 Å². The summed E-state index contributed by atoms with van der Waals surface area (Å²) >= 11 is 1.92. The number of thiophene rings is 1. The quantitative estimate of drug-likeness (QED) is 0.158. The van der Waals surface area contributed by atoms with E-state index >= 15 is 0 Å². The number of aryl methyl sites for hydroxylation is 1. The molecule has 0 bridgehead atoms. The highest BCUT2D eigenvalue weighted by Crippen LogP contribution is 2.61. The van der Waals surface area contributed by atoms with E-state index in [2.05, 4.69) is 254 Å². The molecular weight excluding hydrogens is 879 g/mol. The van der Waals surface area contributed by atoms with Crippen LogP contribution in [0, 0.1) is 0 Å². The van der Waals surface area contributed by atoms with Gasteiger partial charge in [0, 0.05) is 21.5 Å². The molecular formula is C68H45NOS. The lowest BCUT2D eigenvalue weighted by atomic mass is 9.67. The average Bonchev–Trinajstić information content (AvgIpc) is 4.19. The van der Waals surface area contributed by atoms with Crippen LogP contribution in [0.1, 0.15) is 61.4 Å². The van der Waals surface area contributed by atoms with Crippen molar-refractivity contribution in [1.82, 2.24) is 0 Å². The maximum Gasteiger partial charge on any atom is 0.142 e.